The quantitative estimate of drug-likeness (QED) is 0.873. The predicted octanol–water partition coefficient (Wildman–Crippen LogP) is 1.83. The standard InChI is InChI=1S/C13H14N4O2/c18-12(19)13(5-1-2-6-13)17-10-4-3-9-11(16-10)15-8-7-14-9/h3-4,7-8H,1-2,5-6H2,(H,18,19)(H,15,16,17). The van der Waals surface area contributed by atoms with Crippen molar-refractivity contribution in [3.8, 4) is 0 Å². The van der Waals surface area contributed by atoms with E-state index in [1.54, 1.807) is 24.5 Å². The lowest BCUT2D eigenvalue weighted by atomic mass is 9.98. The number of carboxylic acids is 1. The third-order valence-corrected chi connectivity index (χ3v) is 3.57. The van der Waals surface area contributed by atoms with Gasteiger partial charge in [-0.15, -0.1) is 0 Å². The molecule has 0 radical (unpaired) electrons. The Labute approximate surface area is 109 Å². The van der Waals surface area contributed by atoms with Crippen LogP contribution in [0.5, 0.6) is 0 Å². The van der Waals surface area contributed by atoms with Crippen molar-refractivity contribution < 1.29 is 9.90 Å². The van der Waals surface area contributed by atoms with Crippen LogP contribution in [0.3, 0.4) is 0 Å². The number of fused-ring (bicyclic) bond motifs is 1. The number of carbonyl (C=O) groups is 1. The minimum Gasteiger partial charge on any atom is -0.480 e. The molecule has 0 amide bonds. The Kier molecular flexibility index (Phi) is 2.77. The molecule has 98 valence electrons. The average Bonchev–Trinajstić information content (AvgIpc) is 2.88. The molecule has 6 nitrogen and oxygen atoms in total. The normalized spacial score (nSPS) is 17.5. The molecule has 2 N–H and O–H groups in total. The lowest BCUT2D eigenvalue weighted by molar-refractivity contribution is -0.142. The summed E-state index contributed by atoms with van der Waals surface area (Å²) in [6, 6.07) is 3.54. The molecule has 1 saturated carbocycles. The number of rotatable bonds is 3. The minimum absolute atomic E-state index is 0.519. The fourth-order valence-electron chi connectivity index (χ4n) is 2.54. The van der Waals surface area contributed by atoms with Gasteiger partial charge in [-0.2, -0.15) is 0 Å². The summed E-state index contributed by atoms with van der Waals surface area (Å²) in [5, 5.41) is 12.5. The molecule has 0 unspecified atom stereocenters. The first-order valence-electron chi connectivity index (χ1n) is 6.29. The maximum Gasteiger partial charge on any atom is 0.329 e. The van der Waals surface area contributed by atoms with E-state index in [-0.39, 0.29) is 0 Å². The van der Waals surface area contributed by atoms with E-state index in [0.717, 1.165) is 12.8 Å². The lowest BCUT2D eigenvalue weighted by Crippen LogP contribution is -2.43. The highest BCUT2D eigenvalue weighted by atomic mass is 16.4. The van der Waals surface area contributed by atoms with Crippen LogP contribution in [0.25, 0.3) is 11.2 Å². The first kappa shape index (κ1) is 11.8. The van der Waals surface area contributed by atoms with Crippen LogP contribution in [0, 0.1) is 0 Å². The second kappa shape index (κ2) is 4.46. The minimum atomic E-state index is -0.886. The number of carboxylic acid groups (broad SMARTS) is 1. The Morgan fingerprint density at radius 3 is 2.68 bits per heavy atom. The zero-order valence-electron chi connectivity index (χ0n) is 10.3. The molecule has 0 saturated heterocycles. The molecular weight excluding hydrogens is 244 g/mol. The van der Waals surface area contributed by atoms with Gasteiger partial charge in [-0.1, -0.05) is 12.8 Å². The summed E-state index contributed by atoms with van der Waals surface area (Å²) >= 11 is 0. The Hall–Kier alpha value is -2.24. The summed E-state index contributed by atoms with van der Waals surface area (Å²) in [5.41, 5.74) is 0.331. The first-order valence-corrected chi connectivity index (χ1v) is 6.29. The summed E-state index contributed by atoms with van der Waals surface area (Å²) in [6.45, 7) is 0. The van der Waals surface area contributed by atoms with Gasteiger partial charge in [-0.25, -0.2) is 14.8 Å². The fourth-order valence-corrected chi connectivity index (χ4v) is 2.54. The van der Waals surface area contributed by atoms with Crippen molar-refractivity contribution in [1.29, 1.82) is 0 Å². The summed E-state index contributed by atoms with van der Waals surface area (Å²) in [6.07, 6.45) is 6.28. The molecule has 6 heteroatoms. The van der Waals surface area contributed by atoms with E-state index < -0.39 is 11.5 Å². The number of anilines is 1. The molecule has 1 aliphatic rings. The van der Waals surface area contributed by atoms with Gasteiger partial charge in [0.2, 0.25) is 0 Å². The van der Waals surface area contributed by atoms with Crippen LogP contribution < -0.4 is 5.32 Å². The molecule has 19 heavy (non-hydrogen) atoms. The average molecular weight is 258 g/mol. The van der Waals surface area contributed by atoms with Gasteiger partial charge in [-0.3, -0.25) is 4.98 Å². The van der Waals surface area contributed by atoms with Crippen LogP contribution in [-0.4, -0.2) is 31.6 Å². The number of hydrogen-bond acceptors (Lipinski definition) is 5. The molecule has 0 aromatic carbocycles. The van der Waals surface area contributed by atoms with Gasteiger partial charge in [0, 0.05) is 12.4 Å². The third-order valence-electron chi connectivity index (χ3n) is 3.57. The third kappa shape index (κ3) is 2.09. The van der Waals surface area contributed by atoms with Crippen LogP contribution in [0.1, 0.15) is 25.7 Å². The van der Waals surface area contributed by atoms with Gasteiger partial charge in [0.05, 0.1) is 0 Å². The molecule has 2 aromatic rings. The van der Waals surface area contributed by atoms with Crippen LogP contribution in [-0.2, 0) is 4.79 Å². The molecule has 0 bridgehead atoms. The zero-order valence-corrected chi connectivity index (χ0v) is 10.3. The second-order valence-electron chi connectivity index (χ2n) is 4.81. The predicted molar refractivity (Wildman–Crippen MR) is 69.8 cm³/mol. The maximum atomic E-state index is 11.5. The fraction of sp³-hybridized carbons (Fsp3) is 0.385. The zero-order chi connectivity index (χ0) is 13.3. The van der Waals surface area contributed by atoms with Gasteiger partial charge in [0.15, 0.2) is 5.65 Å². The number of nitrogens with one attached hydrogen (secondary N) is 1. The largest absolute Gasteiger partial charge is 0.480 e. The molecule has 0 spiro atoms. The van der Waals surface area contributed by atoms with Crippen molar-refractivity contribution in [1.82, 2.24) is 15.0 Å². The summed E-state index contributed by atoms with van der Waals surface area (Å²) < 4.78 is 0. The Balaban J connectivity index is 1.94. The topological polar surface area (TPSA) is 88.0 Å². The van der Waals surface area contributed by atoms with E-state index in [1.165, 1.54) is 0 Å². The Morgan fingerprint density at radius 1 is 1.21 bits per heavy atom. The van der Waals surface area contributed by atoms with Crippen LogP contribution in [0.15, 0.2) is 24.5 Å². The number of nitrogens with zero attached hydrogens (tertiary/aromatic N) is 3. The first-order chi connectivity index (χ1) is 9.20. The van der Waals surface area contributed by atoms with Gasteiger partial charge in [-0.05, 0) is 25.0 Å². The molecule has 1 fully saturated rings. The maximum absolute atomic E-state index is 11.5. The van der Waals surface area contributed by atoms with Crippen LogP contribution >= 0.6 is 0 Å². The Morgan fingerprint density at radius 2 is 1.95 bits per heavy atom. The van der Waals surface area contributed by atoms with Crippen molar-refractivity contribution in [2.75, 3.05) is 5.32 Å². The van der Waals surface area contributed by atoms with E-state index in [0.29, 0.717) is 29.8 Å². The highest BCUT2D eigenvalue weighted by Crippen LogP contribution is 2.33. The van der Waals surface area contributed by atoms with E-state index in [2.05, 4.69) is 20.3 Å². The highest BCUT2D eigenvalue weighted by molar-refractivity contribution is 5.83. The summed E-state index contributed by atoms with van der Waals surface area (Å²) in [4.78, 5) is 24.1. The van der Waals surface area contributed by atoms with E-state index >= 15 is 0 Å². The second-order valence-corrected chi connectivity index (χ2v) is 4.81. The van der Waals surface area contributed by atoms with E-state index in [1.807, 2.05) is 0 Å². The molecule has 2 aromatic heterocycles. The summed E-state index contributed by atoms with van der Waals surface area (Å²) in [7, 11) is 0. The number of pyridine rings is 1. The van der Waals surface area contributed by atoms with Gasteiger partial charge < -0.3 is 10.4 Å². The molecule has 0 atom stereocenters. The van der Waals surface area contributed by atoms with Crippen molar-refractivity contribution in [3.63, 3.8) is 0 Å². The molecular formula is C13H14N4O2. The van der Waals surface area contributed by atoms with Crippen LogP contribution in [0.2, 0.25) is 0 Å². The van der Waals surface area contributed by atoms with Crippen molar-refractivity contribution in [2.24, 2.45) is 0 Å². The van der Waals surface area contributed by atoms with Crippen molar-refractivity contribution >= 4 is 23.0 Å². The SMILES string of the molecule is O=C(O)C1(Nc2ccc3nccnc3n2)CCCC1. The van der Waals surface area contributed by atoms with E-state index in [4.69, 9.17) is 0 Å². The smallest absolute Gasteiger partial charge is 0.329 e. The number of aliphatic carboxylic acids is 1. The monoisotopic (exact) mass is 258 g/mol. The summed E-state index contributed by atoms with van der Waals surface area (Å²) in [5.74, 6) is -0.275. The van der Waals surface area contributed by atoms with Crippen molar-refractivity contribution in [3.05, 3.63) is 24.5 Å². The van der Waals surface area contributed by atoms with E-state index in [9.17, 15) is 9.90 Å². The van der Waals surface area contributed by atoms with Gasteiger partial charge in [0.1, 0.15) is 16.9 Å². The molecule has 2 heterocycles. The van der Waals surface area contributed by atoms with Gasteiger partial charge >= 0.3 is 5.97 Å². The Bertz CT molecular complexity index is 623. The molecule has 3 rings (SSSR count). The lowest BCUT2D eigenvalue weighted by Gasteiger charge is -2.25. The highest BCUT2D eigenvalue weighted by Gasteiger charge is 2.41. The molecule has 1 aliphatic carbocycles. The van der Waals surface area contributed by atoms with Gasteiger partial charge in [0.25, 0.3) is 0 Å². The number of hydrogen-bond donors (Lipinski definition) is 2. The molecule has 0 aliphatic heterocycles. The van der Waals surface area contributed by atoms with Crippen LogP contribution in [0.4, 0.5) is 5.82 Å². The van der Waals surface area contributed by atoms with Crippen molar-refractivity contribution in [2.45, 2.75) is 31.2 Å². The number of aromatic nitrogens is 3.